The number of fused-ring (bicyclic) bond motifs is 6. The van der Waals surface area contributed by atoms with Crippen LogP contribution in [0.3, 0.4) is 0 Å². The lowest BCUT2D eigenvalue weighted by atomic mass is 9.88. The molecule has 14 rings (SSSR count). The topological polar surface area (TPSA) is 67.4 Å². The molecule has 0 radical (unpaired) electrons. The average Bonchev–Trinajstić information content (AvgIpc) is 3.99. The van der Waals surface area contributed by atoms with Crippen LogP contribution in [-0.4, -0.2) is 19.5 Å². The van der Waals surface area contributed by atoms with Gasteiger partial charge in [-0.2, -0.15) is 5.26 Å². The Bertz CT molecular complexity index is 4240. The van der Waals surface area contributed by atoms with Gasteiger partial charge in [0.05, 0.1) is 22.7 Å². The Hall–Kier alpha value is -10.0. The molecule has 0 unspecified atom stereocenters. The lowest BCUT2D eigenvalue weighted by Crippen LogP contribution is -2.00. The minimum atomic E-state index is 0.619. The zero-order valence-corrected chi connectivity index (χ0v) is 39.4. The van der Waals surface area contributed by atoms with Gasteiger partial charge in [-0.25, -0.2) is 15.0 Å². The molecular weight excluding hydrogens is 887 g/mol. The maximum atomic E-state index is 9.53. The maximum Gasteiger partial charge on any atom is 0.164 e. The highest BCUT2D eigenvalue weighted by Gasteiger charge is 2.25. The van der Waals surface area contributed by atoms with Gasteiger partial charge in [-0.3, -0.25) is 0 Å². The Labute approximate surface area is 422 Å². The SMILES string of the molecule is N#Cc1ccc(-c2ccc3c4c(ccc(-c5ccc(-c6ccc(-c7ccc(-c8nc(-c9ccccc9)nc(-c9ccc(-n%10c%11ccccc%11c%11ccccc%11%10)cc9)n8)cc7)cc6)cc5)c24)-c2ccccc2-3)cc1. The molecule has 2 heterocycles. The van der Waals surface area contributed by atoms with Crippen molar-refractivity contribution >= 4 is 32.6 Å². The molecule has 0 amide bonds. The largest absolute Gasteiger partial charge is 0.309 e. The summed E-state index contributed by atoms with van der Waals surface area (Å²) in [5.41, 5.74) is 21.0. The van der Waals surface area contributed by atoms with Gasteiger partial charge in [-0.1, -0.05) is 200 Å². The summed E-state index contributed by atoms with van der Waals surface area (Å²) in [5, 5.41) is 14.5. The predicted octanol–water partition coefficient (Wildman–Crippen LogP) is 17.3. The van der Waals surface area contributed by atoms with E-state index in [0.29, 0.717) is 23.0 Å². The molecule has 1 aliphatic carbocycles. The lowest BCUT2D eigenvalue weighted by Gasteiger charge is -2.15. The second-order valence-electron chi connectivity index (χ2n) is 18.6. The van der Waals surface area contributed by atoms with E-state index in [9.17, 15) is 5.26 Å². The van der Waals surface area contributed by atoms with Crippen LogP contribution in [0.1, 0.15) is 5.56 Å². The van der Waals surface area contributed by atoms with Crippen LogP contribution < -0.4 is 0 Å². The highest BCUT2D eigenvalue weighted by atomic mass is 15.0. The molecular formula is C68H41N5. The van der Waals surface area contributed by atoms with Crippen molar-refractivity contribution in [1.82, 2.24) is 19.5 Å². The van der Waals surface area contributed by atoms with Gasteiger partial charge in [0.15, 0.2) is 17.5 Å². The van der Waals surface area contributed by atoms with E-state index >= 15 is 0 Å². The maximum absolute atomic E-state index is 9.53. The van der Waals surface area contributed by atoms with Crippen LogP contribution in [-0.2, 0) is 0 Å². The molecule has 5 heteroatoms. The second-order valence-corrected chi connectivity index (χ2v) is 18.6. The van der Waals surface area contributed by atoms with Crippen LogP contribution in [0, 0.1) is 11.3 Å². The van der Waals surface area contributed by atoms with Crippen molar-refractivity contribution in [3.05, 3.63) is 254 Å². The first kappa shape index (κ1) is 41.9. The minimum Gasteiger partial charge on any atom is -0.309 e. The summed E-state index contributed by atoms with van der Waals surface area (Å²) in [4.78, 5) is 15.1. The Balaban J connectivity index is 0.753. The van der Waals surface area contributed by atoms with E-state index in [4.69, 9.17) is 15.0 Å². The van der Waals surface area contributed by atoms with Crippen LogP contribution in [0.5, 0.6) is 0 Å². The van der Waals surface area contributed by atoms with Crippen LogP contribution >= 0.6 is 0 Å². The molecule has 13 aromatic rings. The van der Waals surface area contributed by atoms with E-state index in [1.54, 1.807) is 0 Å². The van der Waals surface area contributed by atoms with Crippen LogP contribution in [0.25, 0.3) is 139 Å². The first-order valence-corrected chi connectivity index (χ1v) is 24.6. The summed E-state index contributed by atoms with van der Waals surface area (Å²) in [6.45, 7) is 0. The zero-order chi connectivity index (χ0) is 48.4. The Morgan fingerprint density at radius 3 is 1.08 bits per heavy atom. The van der Waals surface area contributed by atoms with Gasteiger partial charge in [0.2, 0.25) is 0 Å². The highest BCUT2D eigenvalue weighted by Crippen LogP contribution is 2.52. The molecule has 1 aliphatic rings. The number of nitriles is 1. The first-order chi connectivity index (χ1) is 36.1. The standard InChI is InChI=1S/C68H41N5/c69-42-43-18-20-48(21-19-43)54-38-40-60-56-12-4-5-13-57(56)61-41-39-55(64(54)65(60)61)49-30-26-46(27-31-49)44-22-24-45(25-23-44)47-28-32-51(33-29-47)67-70-66(50-10-2-1-3-11-50)71-68(72-67)52-34-36-53(37-35-52)73-62-16-8-6-14-58(62)59-15-7-9-17-63(59)73/h1-41H. The van der Waals surface area contributed by atoms with Gasteiger partial charge < -0.3 is 4.57 Å². The number of nitrogens with zero attached hydrogens (tertiary/aromatic N) is 5. The fourth-order valence-electron chi connectivity index (χ4n) is 10.9. The van der Waals surface area contributed by atoms with E-state index in [2.05, 4.69) is 217 Å². The summed E-state index contributed by atoms with van der Waals surface area (Å²) in [6.07, 6.45) is 0. The molecule has 0 saturated heterocycles. The highest BCUT2D eigenvalue weighted by molar-refractivity contribution is 6.22. The summed E-state index contributed by atoms with van der Waals surface area (Å²) >= 11 is 0. The van der Waals surface area contributed by atoms with Gasteiger partial charge in [-0.05, 0) is 126 Å². The molecule has 338 valence electrons. The van der Waals surface area contributed by atoms with Crippen LogP contribution in [0.15, 0.2) is 249 Å². The number of benzene rings is 11. The van der Waals surface area contributed by atoms with Crippen LogP contribution in [0.4, 0.5) is 0 Å². The molecule has 2 aromatic heterocycles. The Morgan fingerprint density at radius 1 is 0.274 bits per heavy atom. The fraction of sp³-hybridized carbons (Fsp3) is 0. The molecule has 0 bridgehead atoms. The summed E-state index contributed by atoms with van der Waals surface area (Å²) in [5.74, 6) is 1.87. The third-order valence-electron chi connectivity index (χ3n) is 14.5. The molecule has 0 fully saturated rings. The number of aromatic nitrogens is 4. The first-order valence-electron chi connectivity index (χ1n) is 24.6. The summed E-state index contributed by atoms with van der Waals surface area (Å²) in [6, 6.07) is 90.0. The van der Waals surface area contributed by atoms with Gasteiger partial charge in [0.1, 0.15) is 0 Å². The van der Waals surface area contributed by atoms with Gasteiger partial charge >= 0.3 is 0 Å². The summed E-state index contributed by atoms with van der Waals surface area (Å²) < 4.78 is 2.32. The van der Waals surface area contributed by atoms with Gasteiger partial charge in [-0.15, -0.1) is 0 Å². The monoisotopic (exact) mass is 927 g/mol. The van der Waals surface area contributed by atoms with Crippen molar-refractivity contribution in [1.29, 1.82) is 5.26 Å². The second kappa shape index (κ2) is 17.1. The fourth-order valence-corrected chi connectivity index (χ4v) is 10.9. The van der Waals surface area contributed by atoms with Gasteiger partial charge in [0, 0.05) is 33.2 Å². The molecule has 11 aromatic carbocycles. The van der Waals surface area contributed by atoms with Crippen molar-refractivity contribution < 1.29 is 0 Å². The molecule has 0 aliphatic heterocycles. The van der Waals surface area contributed by atoms with Crippen molar-refractivity contribution in [2.24, 2.45) is 0 Å². The molecule has 5 nitrogen and oxygen atoms in total. The van der Waals surface area contributed by atoms with Crippen LogP contribution in [0.2, 0.25) is 0 Å². The Kier molecular flexibility index (Phi) is 9.84. The van der Waals surface area contributed by atoms with E-state index in [0.717, 1.165) is 61.3 Å². The van der Waals surface area contributed by atoms with Crippen molar-refractivity contribution in [3.63, 3.8) is 0 Å². The molecule has 0 atom stereocenters. The molecule has 73 heavy (non-hydrogen) atoms. The third-order valence-corrected chi connectivity index (χ3v) is 14.5. The van der Waals surface area contributed by atoms with Crippen molar-refractivity contribution in [2.75, 3.05) is 0 Å². The van der Waals surface area contributed by atoms with Crippen molar-refractivity contribution in [2.45, 2.75) is 0 Å². The average molecular weight is 928 g/mol. The summed E-state index contributed by atoms with van der Waals surface area (Å²) in [7, 11) is 0. The molecule has 0 saturated carbocycles. The quantitative estimate of drug-likeness (QED) is 0.152. The molecule has 0 N–H and O–H groups in total. The number of para-hydroxylation sites is 2. The number of rotatable bonds is 8. The zero-order valence-electron chi connectivity index (χ0n) is 39.4. The number of hydrogen-bond donors (Lipinski definition) is 0. The Morgan fingerprint density at radius 2 is 0.616 bits per heavy atom. The molecule has 0 spiro atoms. The van der Waals surface area contributed by atoms with E-state index in [-0.39, 0.29) is 0 Å². The lowest BCUT2D eigenvalue weighted by molar-refractivity contribution is 1.07. The normalized spacial score (nSPS) is 11.5. The number of hydrogen-bond acceptors (Lipinski definition) is 4. The van der Waals surface area contributed by atoms with E-state index in [1.807, 2.05) is 42.5 Å². The van der Waals surface area contributed by atoms with Gasteiger partial charge in [0.25, 0.3) is 0 Å². The third kappa shape index (κ3) is 7.12. The smallest absolute Gasteiger partial charge is 0.164 e. The van der Waals surface area contributed by atoms with Crippen molar-refractivity contribution in [3.8, 4) is 113 Å². The minimum absolute atomic E-state index is 0.619. The van der Waals surface area contributed by atoms with E-state index < -0.39 is 0 Å². The van der Waals surface area contributed by atoms with E-state index in [1.165, 1.54) is 60.4 Å². The predicted molar refractivity (Wildman–Crippen MR) is 299 cm³/mol.